The van der Waals surface area contributed by atoms with Crippen molar-refractivity contribution in [3.8, 4) is 0 Å². The Bertz CT molecular complexity index is 640. The molecular formula is C12H14N6. The van der Waals surface area contributed by atoms with Gasteiger partial charge in [0.1, 0.15) is 5.52 Å². The largest absolute Gasteiger partial charge is 0.369 e. The van der Waals surface area contributed by atoms with Crippen LogP contribution in [-0.2, 0) is 13.1 Å². The number of imidazole rings is 2. The number of rotatable bonds is 4. The summed E-state index contributed by atoms with van der Waals surface area (Å²) in [6, 6.07) is 3.79. The van der Waals surface area contributed by atoms with Crippen LogP contribution in [0.2, 0.25) is 0 Å². The van der Waals surface area contributed by atoms with E-state index in [1.54, 1.807) is 12.4 Å². The second-order valence-electron chi connectivity index (χ2n) is 4.12. The molecule has 18 heavy (non-hydrogen) atoms. The minimum absolute atomic E-state index is 0.523. The van der Waals surface area contributed by atoms with E-state index >= 15 is 0 Å². The van der Waals surface area contributed by atoms with Crippen molar-refractivity contribution in [3.63, 3.8) is 0 Å². The maximum Gasteiger partial charge on any atom is 0.202 e. The molecule has 0 aliphatic rings. The summed E-state index contributed by atoms with van der Waals surface area (Å²) in [6.07, 6.45) is 8.27. The summed E-state index contributed by atoms with van der Waals surface area (Å²) in [5, 5.41) is 0. The van der Waals surface area contributed by atoms with Gasteiger partial charge in [0.2, 0.25) is 5.95 Å². The van der Waals surface area contributed by atoms with Crippen LogP contribution in [-0.4, -0.2) is 24.1 Å². The lowest BCUT2D eigenvalue weighted by Crippen LogP contribution is -2.06. The Balaban J connectivity index is 1.76. The number of aryl methyl sites for hydroxylation is 2. The van der Waals surface area contributed by atoms with Gasteiger partial charge in [0, 0.05) is 31.7 Å². The molecule has 0 radical (unpaired) electrons. The molecule has 0 bridgehead atoms. The Hall–Kier alpha value is -2.37. The fraction of sp³-hybridized carbons (Fsp3) is 0.250. The Morgan fingerprint density at radius 1 is 1.22 bits per heavy atom. The number of hydrogen-bond acceptors (Lipinski definition) is 4. The van der Waals surface area contributed by atoms with Crippen LogP contribution >= 0.6 is 0 Å². The molecule has 92 valence electrons. The summed E-state index contributed by atoms with van der Waals surface area (Å²) >= 11 is 0. The average molecular weight is 242 g/mol. The molecule has 3 rings (SSSR count). The maximum atomic E-state index is 5.91. The molecule has 0 atom stereocenters. The first kappa shape index (κ1) is 10.8. The summed E-state index contributed by atoms with van der Waals surface area (Å²) in [7, 11) is 0. The second kappa shape index (κ2) is 4.48. The third-order valence-corrected chi connectivity index (χ3v) is 2.89. The van der Waals surface area contributed by atoms with Gasteiger partial charge in [-0.1, -0.05) is 0 Å². The van der Waals surface area contributed by atoms with Gasteiger partial charge in [0.05, 0.1) is 6.33 Å². The third kappa shape index (κ3) is 1.92. The van der Waals surface area contributed by atoms with E-state index in [0.717, 1.165) is 30.7 Å². The van der Waals surface area contributed by atoms with E-state index in [2.05, 4.69) is 15.0 Å². The van der Waals surface area contributed by atoms with Crippen molar-refractivity contribution in [2.45, 2.75) is 19.5 Å². The fourth-order valence-corrected chi connectivity index (χ4v) is 2.03. The molecule has 2 N–H and O–H groups in total. The first-order valence-corrected chi connectivity index (χ1v) is 5.87. The number of pyridine rings is 1. The van der Waals surface area contributed by atoms with E-state index in [1.807, 2.05) is 33.8 Å². The molecule has 3 heterocycles. The highest BCUT2D eigenvalue weighted by Crippen LogP contribution is 2.15. The van der Waals surface area contributed by atoms with E-state index in [9.17, 15) is 0 Å². The highest BCUT2D eigenvalue weighted by molar-refractivity contribution is 5.73. The molecule has 0 fully saturated rings. The smallest absolute Gasteiger partial charge is 0.202 e. The highest BCUT2D eigenvalue weighted by atomic mass is 15.2. The zero-order valence-electron chi connectivity index (χ0n) is 9.90. The van der Waals surface area contributed by atoms with Crippen molar-refractivity contribution in [1.29, 1.82) is 0 Å². The van der Waals surface area contributed by atoms with Gasteiger partial charge in [-0.2, -0.15) is 0 Å². The van der Waals surface area contributed by atoms with E-state index in [4.69, 9.17) is 5.73 Å². The van der Waals surface area contributed by atoms with Crippen molar-refractivity contribution in [3.05, 3.63) is 37.1 Å². The lowest BCUT2D eigenvalue weighted by atomic mass is 10.4. The van der Waals surface area contributed by atoms with Crippen LogP contribution in [0.5, 0.6) is 0 Å². The summed E-state index contributed by atoms with van der Waals surface area (Å²) in [5.41, 5.74) is 7.60. The molecule has 3 aromatic rings. The van der Waals surface area contributed by atoms with E-state index < -0.39 is 0 Å². The molecule has 6 nitrogen and oxygen atoms in total. The summed E-state index contributed by atoms with van der Waals surface area (Å²) in [6.45, 7) is 1.71. The minimum atomic E-state index is 0.523. The molecule has 3 aromatic heterocycles. The van der Waals surface area contributed by atoms with Gasteiger partial charge in [0.25, 0.3) is 0 Å². The predicted molar refractivity (Wildman–Crippen MR) is 68.8 cm³/mol. The van der Waals surface area contributed by atoms with Crippen LogP contribution in [0.1, 0.15) is 6.42 Å². The normalized spacial score (nSPS) is 11.1. The molecule has 0 aliphatic carbocycles. The van der Waals surface area contributed by atoms with Gasteiger partial charge in [-0.3, -0.25) is 4.57 Å². The topological polar surface area (TPSA) is 74.5 Å². The van der Waals surface area contributed by atoms with Crippen LogP contribution < -0.4 is 5.73 Å². The average Bonchev–Trinajstić information content (AvgIpc) is 2.98. The Kier molecular flexibility index (Phi) is 2.68. The van der Waals surface area contributed by atoms with Crippen LogP contribution in [0.3, 0.4) is 0 Å². The number of fused-ring (bicyclic) bond motifs is 1. The number of anilines is 1. The van der Waals surface area contributed by atoms with Crippen molar-refractivity contribution in [2.24, 2.45) is 0 Å². The number of nitrogen functional groups attached to an aromatic ring is 1. The second-order valence-corrected chi connectivity index (χ2v) is 4.12. The Morgan fingerprint density at radius 3 is 3.00 bits per heavy atom. The summed E-state index contributed by atoms with van der Waals surface area (Å²) in [5.74, 6) is 0.523. The van der Waals surface area contributed by atoms with Gasteiger partial charge >= 0.3 is 0 Å². The van der Waals surface area contributed by atoms with Crippen LogP contribution in [0.4, 0.5) is 5.95 Å². The highest BCUT2D eigenvalue weighted by Gasteiger charge is 2.07. The van der Waals surface area contributed by atoms with Crippen LogP contribution in [0.25, 0.3) is 11.2 Å². The van der Waals surface area contributed by atoms with Gasteiger partial charge in [-0.05, 0) is 18.6 Å². The standard InChI is InChI=1S/C12H14N6/c13-12-16-10-3-1-4-15-11(10)18(12)7-2-6-17-8-5-14-9-17/h1,3-5,8-9H,2,6-7H2,(H2,13,16). The van der Waals surface area contributed by atoms with Crippen molar-refractivity contribution >= 4 is 17.1 Å². The predicted octanol–water partition coefficient (Wildman–Crippen LogP) is 1.30. The first-order valence-electron chi connectivity index (χ1n) is 5.87. The number of aromatic nitrogens is 5. The van der Waals surface area contributed by atoms with Gasteiger partial charge in [0.15, 0.2) is 5.65 Å². The molecular weight excluding hydrogens is 228 g/mol. The molecule has 0 aromatic carbocycles. The SMILES string of the molecule is Nc1nc2cccnc2n1CCCn1ccnc1. The van der Waals surface area contributed by atoms with Crippen LogP contribution in [0.15, 0.2) is 37.1 Å². The molecule has 0 spiro atoms. The molecule has 0 amide bonds. The van der Waals surface area contributed by atoms with E-state index in [1.165, 1.54) is 0 Å². The zero-order chi connectivity index (χ0) is 12.4. The Labute approximate surface area is 104 Å². The molecule has 6 heteroatoms. The quantitative estimate of drug-likeness (QED) is 0.748. The van der Waals surface area contributed by atoms with Crippen molar-refractivity contribution in [2.75, 3.05) is 5.73 Å². The molecule has 0 saturated heterocycles. The zero-order valence-corrected chi connectivity index (χ0v) is 9.90. The van der Waals surface area contributed by atoms with E-state index in [0.29, 0.717) is 5.95 Å². The van der Waals surface area contributed by atoms with E-state index in [-0.39, 0.29) is 0 Å². The monoisotopic (exact) mass is 242 g/mol. The van der Waals surface area contributed by atoms with Gasteiger partial charge in [-0.25, -0.2) is 15.0 Å². The fourth-order valence-electron chi connectivity index (χ4n) is 2.03. The lowest BCUT2D eigenvalue weighted by Gasteiger charge is -2.06. The lowest BCUT2D eigenvalue weighted by molar-refractivity contribution is 0.573. The molecule has 0 aliphatic heterocycles. The van der Waals surface area contributed by atoms with Gasteiger partial charge in [-0.15, -0.1) is 0 Å². The van der Waals surface area contributed by atoms with Crippen molar-refractivity contribution < 1.29 is 0 Å². The minimum Gasteiger partial charge on any atom is -0.369 e. The number of nitrogens with zero attached hydrogens (tertiary/aromatic N) is 5. The van der Waals surface area contributed by atoms with Gasteiger partial charge < -0.3 is 10.3 Å². The summed E-state index contributed by atoms with van der Waals surface area (Å²) in [4.78, 5) is 12.6. The third-order valence-electron chi connectivity index (χ3n) is 2.89. The maximum absolute atomic E-state index is 5.91. The van der Waals surface area contributed by atoms with Crippen LogP contribution in [0, 0.1) is 0 Å². The van der Waals surface area contributed by atoms with Crippen molar-refractivity contribution in [1.82, 2.24) is 24.1 Å². The molecule has 0 unspecified atom stereocenters. The number of nitrogens with two attached hydrogens (primary N) is 1. The molecule has 0 saturated carbocycles. The first-order chi connectivity index (χ1) is 8.84. The number of hydrogen-bond donors (Lipinski definition) is 1. The Morgan fingerprint density at radius 2 is 2.17 bits per heavy atom. The summed E-state index contributed by atoms with van der Waals surface area (Å²) < 4.78 is 4.00.